The molecule has 0 unspecified atom stereocenters. The van der Waals surface area contributed by atoms with Crippen molar-refractivity contribution in [3.63, 3.8) is 0 Å². The number of H-pyrrole nitrogens is 1. The van der Waals surface area contributed by atoms with E-state index < -0.39 is 10.0 Å². The smallest absolute Gasteiger partial charge is 0.240 e. The van der Waals surface area contributed by atoms with Gasteiger partial charge in [-0.25, -0.2) is 22.5 Å². The van der Waals surface area contributed by atoms with Crippen molar-refractivity contribution in [1.82, 2.24) is 19.9 Å². The number of hydrogen-bond acceptors (Lipinski definition) is 4. The van der Waals surface area contributed by atoms with E-state index in [9.17, 15) is 12.8 Å². The summed E-state index contributed by atoms with van der Waals surface area (Å²) >= 11 is 0. The van der Waals surface area contributed by atoms with Gasteiger partial charge in [0.15, 0.2) is 5.82 Å². The van der Waals surface area contributed by atoms with Gasteiger partial charge in [-0.2, -0.15) is 5.10 Å². The number of nitrogens with zero attached hydrogens (tertiary/aromatic N) is 2. The second kappa shape index (κ2) is 9.06. The molecule has 8 heteroatoms. The summed E-state index contributed by atoms with van der Waals surface area (Å²) in [6.45, 7) is 0.199. The van der Waals surface area contributed by atoms with Crippen molar-refractivity contribution >= 4 is 10.0 Å². The molecule has 1 heterocycles. The Morgan fingerprint density at radius 3 is 2.40 bits per heavy atom. The zero-order valence-corrected chi connectivity index (χ0v) is 17.5. The fourth-order valence-electron chi connectivity index (χ4n) is 3.88. The SMILES string of the molecule is O=S(=O)(NCCc1nc(-c2ccc(F)cc2)n[nH]1)c1ccc(C2CCCCC2)cc1. The van der Waals surface area contributed by atoms with Crippen LogP contribution in [-0.4, -0.2) is 30.1 Å². The molecule has 0 aliphatic heterocycles. The van der Waals surface area contributed by atoms with Gasteiger partial charge in [-0.1, -0.05) is 31.4 Å². The Labute approximate surface area is 176 Å². The van der Waals surface area contributed by atoms with E-state index in [4.69, 9.17) is 0 Å². The first kappa shape index (κ1) is 20.7. The number of aromatic amines is 1. The molecule has 1 saturated carbocycles. The lowest BCUT2D eigenvalue weighted by molar-refractivity contribution is 0.443. The summed E-state index contributed by atoms with van der Waals surface area (Å²) in [6.07, 6.45) is 6.52. The minimum atomic E-state index is -3.58. The molecule has 30 heavy (non-hydrogen) atoms. The van der Waals surface area contributed by atoms with Gasteiger partial charge in [-0.15, -0.1) is 0 Å². The summed E-state index contributed by atoms with van der Waals surface area (Å²) in [5, 5.41) is 6.91. The van der Waals surface area contributed by atoms with Crippen molar-refractivity contribution in [3.8, 4) is 11.4 Å². The van der Waals surface area contributed by atoms with Crippen LogP contribution in [0.25, 0.3) is 11.4 Å². The van der Waals surface area contributed by atoms with Crippen molar-refractivity contribution in [1.29, 1.82) is 0 Å². The molecule has 2 aromatic carbocycles. The van der Waals surface area contributed by atoms with Crippen molar-refractivity contribution in [2.45, 2.75) is 49.3 Å². The second-order valence-electron chi connectivity index (χ2n) is 7.66. The van der Waals surface area contributed by atoms with Gasteiger partial charge in [0.05, 0.1) is 4.90 Å². The molecule has 158 valence electrons. The molecule has 4 rings (SSSR count). The monoisotopic (exact) mass is 428 g/mol. The molecule has 0 saturated heterocycles. The van der Waals surface area contributed by atoms with Gasteiger partial charge in [0, 0.05) is 18.5 Å². The molecule has 0 bridgehead atoms. The molecule has 0 spiro atoms. The van der Waals surface area contributed by atoms with Crippen LogP contribution in [-0.2, 0) is 16.4 Å². The van der Waals surface area contributed by atoms with Crippen LogP contribution in [0.3, 0.4) is 0 Å². The number of benzene rings is 2. The van der Waals surface area contributed by atoms with Gasteiger partial charge in [0.2, 0.25) is 10.0 Å². The highest BCUT2D eigenvalue weighted by molar-refractivity contribution is 7.89. The van der Waals surface area contributed by atoms with E-state index in [1.165, 1.54) is 49.8 Å². The third-order valence-electron chi connectivity index (χ3n) is 5.56. The molecule has 2 N–H and O–H groups in total. The van der Waals surface area contributed by atoms with Gasteiger partial charge < -0.3 is 0 Å². The lowest BCUT2D eigenvalue weighted by Crippen LogP contribution is -2.26. The third-order valence-corrected chi connectivity index (χ3v) is 7.03. The maximum absolute atomic E-state index is 13.0. The van der Waals surface area contributed by atoms with Crippen molar-refractivity contribution < 1.29 is 12.8 Å². The minimum absolute atomic E-state index is 0.199. The van der Waals surface area contributed by atoms with Crippen LogP contribution in [0.1, 0.15) is 49.4 Å². The number of sulfonamides is 1. The van der Waals surface area contributed by atoms with E-state index in [1.54, 1.807) is 24.3 Å². The quantitative estimate of drug-likeness (QED) is 0.591. The summed E-state index contributed by atoms with van der Waals surface area (Å²) in [4.78, 5) is 4.61. The highest BCUT2D eigenvalue weighted by Crippen LogP contribution is 2.32. The van der Waals surface area contributed by atoms with Crippen LogP contribution >= 0.6 is 0 Å². The predicted octanol–water partition coefficient (Wildman–Crippen LogP) is 4.18. The van der Waals surface area contributed by atoms with Crippen molar-refractivity contribution in [2.24, 2.45) is 0 Å². The lowest BCUT2D eigenvalue weighted by Gasteiger charge is -2.22. The number of nitrogens with one attached hydrogen (secondary N) is 2. The Hall–Kier alpha value is -2.58. The first-order valence-corrected chi connectivity index (χ1v) is 11.8. The fourth-order valence-corrected chi connectivity index (χ4v) is 4.91. The Bertz CT molecular complexity index is 1070. The van der Waals surface area contributed by atoms with Gasteiger partial charge in [0.1, 0.15) is 11.6 Å². The molecule has 6 nitrogen and oxygen atoms in total. The summed E-state index contributed by atoms with van der Waals surface area (Å²) in [5.41, 5.74) is 1.92. The van der Waals surface area contributed by atoms with Crippen molar-refractivity contribution in [2.75, 3.05) is 6.54 Å². The van der Waals surface area contributed by atoms with Gasteiger partial charge in [0.25, 0.3) is 0 Å². The van der Waals surface area contributed by atoms with Crippen molar-refractivity contribution in [3.05, 3.63) is 65.7 Å². The van der Waals surface area contributed by atoms with Crippen LogP contribution in [0.5, 0.6) is 0 Å². The van der Waals surface area contributed by atoms with E-state index in [1.807, 2.05) is 12.1 Å². The highest BCUT2D eigenvalue weighted by atomic mass is 32.2. The number of aromatic nitrogens is 3. The van der Waals surface area contributed by atoms with E-state index in [2.05, 4.69) is 19.9 Å². The topological polar surface area (TPSA) is 87.7 Å². The largest absolute Gasteiger partial charge is 0.263 e. The highest BCUT2D eigenvalue weighted by Gasteiger charge is 2.18. The third kappa shape index (κ3) is 4.94. The first-order valence-electron chi connectivity index (χ1n) is 10.3. The predicted molar refractivity (Wildman–Crippen MR) is 113 cm³/mol. The molecule has 0 atom stereocenters. The average Bonchev–Trinajstić information content (AvgIpc) is 3.24. The maximum atomic E-state index is 13.0. The second-order valence-corrected chi connectivity index (χ2v) is 9.43. The molecular weight excluding hydrogens is 403 g/mol. The minimum Gasteiger partial charge on any atom is -0.263 e. The van der Waals surface area contributed by atoms with Crippen LogP contribution in [0.2, 0.25) is 0 Å². The molecule has 0 amide bonds. The van der Waals surface area contributed by atoms with Crippen LogP contribution in [0.15, 0.2) is 53.4 Å². The van der Waals surface area contributed by atoms with E-state index in [-0.39, 0.29) is 17.3 Å². The number of rotatable bonds is 7. The Balaban J connectivity index is 1.33. The van der Waals surface area contributed by atoms with Gasteiger partial charge in [-0.05, 0) is 60.7 Å². The maximum Gasteiger partial charge on any atom is 0.240 e. The standard InChI is InChI=1S/C22H25FN4O2S/c23-19-10-6-18(7-11-19)22-25-21(26-27-22)14-15-24-30(28,29)20-12-8-17(9-13-20)16-4-2-1-3-5-16/h6-13,16,24H,1-5,14-15H2,(H,25,26,27). The lowest BCUT2D eigenvalue weighted by atomic mass is 9.84. The average molecular weight is 429 g/mol. The summed E-state index contributed by atoms with van der Waals surface area (Å²) in [7, 11) is -3.58. The molecule has 1 aliphatic rings. The molecule has 1 aliphatic carbocycles. The molecular formula is C22H25FN4O2S. The van der Waals surface area contributed by atoms with Crippen LogP contribution in [0.4, 0.5) is 4.39 Å². The number of halogens is 1. The molecule has 1 fully saturated rings. The molecule has 3 aromatic rings. The first-order chi connectivity index (χ1) is 14.5. The van der Waals surface area contributed by atoms with Gasteiger partial charge >= 0.3 is 0 Å². The van der Waals surface area contributed by atoms with Gasteiger partial charge in [-0.3, -0.25) is 5.10 Å². The Morgan fingerprint density at radius 2 is 1.70 bits per heavy atom. The van der Waals surface area contributed by atoms with E-state index in [0.717, 1.165) is 0 Å². The molecule has 1 aromatic heterocycles. The summed E-state index contributed by atoms with van der Waals surface area (Å²) in [5.74, 6) is 1.23. The molecule has 0 radical (unpaired) electrons. The fraction of sp³-hybridized carbons (Fsp3) is 0.364. The number of hydrogen-bond donors (Lipinski definition) is 2. The zero-order valence-electron chi connectivity index (χ0n) is 16.6. The van der Waals surface area contributed by atoms with E-state index >= 15 is 0 Å². The zero-order chi connectivity index (χ0) is 21.0. The summed E-state index contributed by atoms with van der Waals surface area (Å²) < 4.78 is 40.8. The Morgan fingerprint density at radius 1 is 1.00 bits per heavy atom. The normalized spacial score (nSPS) is 15.4. The Kier molecular flexibility index (Phi) is 6.24. The van der Waals surface area contributed by atoms with Crippen LogP contribution < -0.4 is 4.72 Å². The summed E-state index contributed by atoms with van der Waals surface area (Å²) in [6, 6.07) is 13.1. The van der Waals surface area contributed by atoms with E-state index in [0.29, 0.717) is 29.6 Å². The van der Waals surface area contributed by atoms with Crippen LogP contribution in [0, 0.1) is 5.82 Å².